The summed E-state index contributed by atoms with van der Waals surface area (Å²) in [7, 11) is 1.62. The molecule has 0 radical (unpaired) electrons. The molecule has 0 aromatic heterocycles. The number of allylic oxidation sites excluding steroid dienone is 1. The van der Waals surface area contributed by atoms with E-state index in [1.807, 2.05) is 54.6 Å². The minimum atomic E-state index is -0.134. The van der Waals surface area contributed by atoms with Crippen molar-refractivity contribution < 1.29 is 14.3 Å². The number of para-hydroxylation sites is 1. The maximum absolute atomic E-state index is 13.1. The van der Waals surface area contributed by atoms with E-state index in [9.17, 15) is 4.79 Å². The van der Waals surface area contributed by atoms with Gasteiger partial charge in [-0.05, 0) is 54.8 Å². The zero-order chi connectivity index (χ0) is 24.1. The van der Waals surface area contributed by atoms with Gasteiger partial charge in [-0.15, -0.1) is 6.58 Å². The fourth-order valence-electron chi connectivity index (χ4n) is 3.65. The van der Waals surface area contributed by atoms with Crippen LogP contribution in [0.5, 0.6) is 11.5 Å². The van der Waals surface area contributed by atoms with Gasteiger partial charge in [-0.2, -0.15) is 0 Å². The zero-order valence-electron chi connectivity index (χ0n) is 19.1. The molecule has 1 aliphatic heterocycles. The molecular formula is C28H25NO3S2. The number of rotatable bonds is 8. The lowest BCUT2D eigenvalue weighted by Crippen LogP contribution is -2.27. The van der Waals surface area contributed by atoms with Gasteiger partial charge >= 0.3 is 0 Å². The summed E-state index contributed by atoms with van der Waals surface area (Å²) in [6.45, 7) is 6.37. The number of nitrogens with zero attached hydrogens (tertiary/aromatic N) is 1. The minimum Gasteiger partial charge on any atom is -0.493 e. The van der Waals surface area contributed by atoms with E-state index >= 15 is 0 Å². The predicted octanol–water partition coefficient (Wildman–Crippen LogP) is 6.72. The molecule has 34 heavy (non-hydrogen) atoms. The van der Waals surface area contributed by atoms with Gasteiger partial charge in [0.1, 0.15) is 6.61 Å². The normalized spacial score (nSPS) is 14.5. The van der Waals surface area contributed by atoms with Crippen LogP contribution in [0.15, 0.2) is 84.3 Å². The predicted molar refractivity (Wildman–Crippen MR) is 144 cm³/mol. The van der Waals surface area contributed by atoms with Crippen LogP contribution >= 0.6 is 24.0 Å². The third-order valence-corrected chi connectivity index (χ3v) is 6.65. The Morgan fingerprint density at radius 2 is 1.82 bits per heavy atom. The summed E-state index contributed by atoms with van der Waals surface area (Å²) < 4.78 is 12.4. The number of hydrogen-bond acceptors (Lipinski definition) is 5. The molecule has 0 spiro atoms. The monoisotopic (exact) mass is 487 g/mol. The standard InChI is InChI=1S/C28H25NO3S2/c1-4-8-22-15-21(16-24(31-3)26(22)32-18-20-13-11-19(2)12-14-20)17-25-27(30)29(28(33)34-25)23-9-6-5-7-10-23/h4-7,9-17H,1,8,18H2,2-3H3/b25-17+. The maximum Gasteiger partial charge on any atom is 0.270 e. The van der Waals surface area contributed by atoms with Crippen LogP contribution in [0, 0.1) is 6.92 Å². The molecule has 0 aliphatic carbocycles. The van der Waals surface area contributed by atoms with Gasteiger partial charge in [-0.3, -0.25) is 9.69 Å². The number of ether oxygens (including phenoxy) is 2. The molecule has 6 heteroatoms. The second-order valence-electron chi connectivity index (χ2n) is 7.83. The van der Waals surface area contributed by atoms with Gasteiger partial charge in [0.2, 0.25) is 0 Å². The lowest BCUT2D eigenvalue weighted by molar-refractivity contribution is -0.113. The molecule has 0 unspecified atom stereocenters. The van der Waals surface area contributed by atoms with E-state index < -0.39 is 0 Å². The van der Waals surface area contributed by atoms with Crippen molar-refractivity contribution in [3.05, 3.63) is 107 Å². The summed E-state index contributed by atoms with van der Waals surface area (Å²) in [5.41, 5.74) is 4.82. The third kappa shape index (κ3) is 5.24. The molecular weight excluding hydrogens is 462 g/mol. The second kappa shape index (κ2) is 10.7. The highest BCUT2D eigenvalue weighted by atomic mass is 32.2. The first-order valence-corrected chi connectivity index (χ1v) is 12.1. The second-order valence-corrected chi connectivity index (χ2v) is 9.51. The number of carbonyl (C=O) groups excluding carboxylic acids is 1. The Morgan fingerprint density at radius 3 is 2.50 bits per heavy atom. The van der Waals surface area contributed by atoms with Crippen molar-refractivity contribution in [2.45, 2.75) is 20.0 Å². The van der Waals surface area contributed by atoms with Crippen molar-refractivity contribution >= 4 is 46.0 Å². The number of amides is 1. The van der Waals surface area contributed by atoms with Crippen molar-refractivity contribution in [3.63, 3.8) is 0 Å². The summed E-state index contributed by atoms with van der Waals surface area (Å²) >= 11 is 6.78. The highest BCUT2D eigenvalue weighted by molar-refractivity contribution is 8.27. The van der Waals surface area contributed by atoms with E-state index in [1.165, 1.54) is 17.3 Å². The molecule has 1 heterocycles. The van der Waals surface area contributed by atoms with Crippen LogP contribution in [0.1, 0.15) is 22.3 Å². The largest absolute Gasteiger partial charge is 0.493 e. The molecule has 0 saturated carbocycles. The van der Waals surface area contributed by atoms with Crippen LogP contribution in [-0.2, 0) is 17.8 Å². The molecule has 0 atom stereocenters. The van der Waals surface area contributed by atoms with Gasteiger partial charge in [0, 0.05) is 5.56 Å². The lowest BCUT2D eigenvalue weighted by atomic mass is 10.0. The molecule has 172 valence electrons. The Bertz CT molecular complexity index is 1250. The number of benzene rings is 3. The molecule has 1 saturated heterocycles. The van der Waals surface area contributed by atoms with Gasteiger partial charge < -0.3 is 9.47 Å². The van der Waals surface area contributed by atoms with Crippen LogP contribution < -0.4 is 14.4 Å². The fourth-order valence-corrected chi connectivity index (χ4v) is 4.95. The first-order chi connectivity index (χ1) is 16.5. The summed E-state index contributed by atoms with van der Waals surface area (Å²) in [6, 6.07) is 21.6. The molecule has 1 amide bonds. The van der Waals surface area contributed by atoms with E-state index in [4.69, 9.17) is 21.7 Å². The molecule has 0 N–H and O–H groups in total. The van der Waals surface area contributed by atoms with Crippen molar-refractivity contribution in [1.29, 1.82) is 0 Å². The first-order valence-electron chi connectivity index (χ1n) is 10.8. The highest BCUT2D eigenvalue weighted by Gasteiger charge is 2.33. The van der Waals surface area contributed by atoms with E-state index in [0.717, 1.165) is 22.4 Å². The zero-order valence-corrected chi connectivity index (χ0v) is 20.7. The van der Waals surface area contributed by atoms with Crippen molar-refractivity contribution in [1.82, 2.24) is 0 Å². The van der Waals surface area contributed by atoms with Gasteiger partial charge in [0.25, 0.3) is 5.91 Å². The van der Waals surface area contributed by atoms with Crippen LogP contribution in [0.25, 0.3) is 6.08 Å². The number of anilines is 1. The van der Waals surface area contributed by atoms with Crippen molar-refractivity contribution in [3.8, 4) is 11.5 Å². The quantitative estimate of drug-likeness (QED) is 0.200. The Labute approximate surface area is 209 Å². The first kappa shape index (κ1) is 23.8. The van der Waals surface area contributed by atoms with E-state index in [0.29, 0.717) is 33.8 Å². The molecule has 0 bridgehead atoms. The fraction of sp³-hybridized carbons (Fsp3) is 0.143. The van der Waals surface area contributed by atoms with Gasteiger partial charge in [0.05, 0.1) is 17.7 Å². The summed E-state index contributed by atoms with van der Waals surface area (Å²) in [4.78, 5) is 15.2. The van der Waals surface area contributed by atoms with Gasteiger partial charge in [0.15, 0.2) is 15.8 Å². The van der Waals surface area contributed by atoms with Gasteiger partial charge in [-0.25, -0.2) is 0 Å². The molecule has 1 aliphatic rings. The number of aryl methyl sites for hydroxylation is 1. The molecule has 1 fully saturated rings. The summed E-state index contributed by atoms with van der Waals surface area (Å²) in [6.07, 6.45) is 4.28. The van der Waals surface area contributed by atoms with E-state index in [-0.39, 0.29) is 5.91 Å². The number of methoxy groups -OCH3 is 1. The summed E-state index contributed by atoms with van der Waals surface area (Å²) in [5, 5.41) is 0. The van der Waals surface area contributed by atoms with Crippen LogP contribution in [-0.4, -0.2) is 17.3 Å². The van der Waals surface area contributed by atoms with Crippen molar-refractivity contribution in [2.75, 3.05) is 12.0 Å². The van der Waals surface area contributed by atoms with Crippen LogP contribution in [0.2, 0.25) is 0 Å². The lowest BCUT2D eigenvalue weighted by Gasteiger charge is -2.16. The number of hydrogen-bond donors (Lipinski definition) is 0. The maximum atomic E-state index is 13.1. The number of carbonyl (C=O) groups is 1. The Kier molecular flexibility index (Phi) is 7.50. The molecule has 4 nitrogen and oxygen atoms in total. The van der Waals surface area contributed by atoms with E-state index in [1.54, 1.807) is 12.0 Å². The Hall–Kier alpha value is -3.35. The molecule has 3 aromatic rings. The average molecular weight is 488 g/mol. The number of thiocarbonyl (C=S) groups is 1. The smallest absolute Gasteiger partial charge is 0.270 e. The molecule has 3 aromatic carbocycles. The van der Waals surface area contributed by atoms with Crippen LogP contribution in [0.4, 0.5) is 5.69 Å². The highest BCUT2D eigenvalue weighted by Crippen LogP contribution is 2.39. The Morgan fingerprint density at radius 1 is 1.09 bits per heavy atom. The SMILES string of the molecule is C=CCc1cc(/C=C2/SC(=S)N(c3ccccc3)C2=O)cc(OC)c1OCc1ccc(C)cc1. The third-order valence-electron chi connectivity index (χ3n) is 5.35. The van der Waals surface area contributed by atoms with Gasteiger partial charge in [-0.1, -0.05) is 78.1 Å². The van der Waals surface area contributed by atoms with Crippen molar-refractivity contribution in [2.24, 2.45) is 0 Å². The Balaban J connectivity index is 1.63. The molecule has 4 rings (SSSR count). The minimum absolute atomic E-state index is 0.134. The average Bonchev–Trinajstić information content (AvgIpc) is 3.12. The topological polar surface area (TPSA) is 38.8 Å². The number of thioether (sulfide) groups is 1. The van der Waals surface area contributed by atoms with Crippen LogP contribution in [0.3, 0.4) is 0 Å². The van der Waals surface area contributed by atoms with E-state index in [2.05, 4.69) is 37.8 Å². The summed E-state index contributed by atoms with van der Waals surface area (Å²) in [5.74, 6) is 1.15.